The van der Waals surface area contributed by atoms with Crippen LogP contribution in [0.3, 0.4) is 0 Å². The molecule has 2 heterocycles. The molecule has 1 aromatic rings. The number of piperidine rings is 1. The van der Waals surface area contributed by atoms with Crippen LogP contribution in [0.5, 0.6) is 0 Å². The van der Waals surface area contributed by atoms with E-state index in [1.165, 1.54) is 18.6 Å². The van der Waals surface area contributed by atoms with E-state index in [1.807, 2.05) is 6.92 Å². The van der Waals surface area contributed by atoms with Crippen LogP contribution in [-0.4, -0.2) is 62.5 Å². The monoisotopic (exact) mass is 537 g/mol. The number of hydrogen-bond donors (Lipinski definition) is 1. The molecule has 3 rings (SSSR count). The Morgan fingerprint density at radius 2 is 2.03 bits per heavy atom. The van der Waals surface area contributed by atoms with Crippen LogP contribution in [0, 0.1) is 11.6 Å². The third kappa shape index (κ3) is 7.92. The van der Waals surface area contributed by atoms with Gasteiger partial charge in [0.2, 0.25) is 0 Å². The van der Waals surface area contributed by atoms with Gasteiger partial charge >= 0.3 is 0 Å². The van der Waals surface area contributed by atoms with Crippen LogP contribution >= 0.6 is 24.0 Å². The number of rotatable bonds is 7. The van der Waals surface area contributed by atoms with E-state index in [4.69, 9.17) is 9.47 Å². The summed E-state index contributed by atoms with van der Waals surface area (Å²) in [6.45, 7) is 6.59. The normalized spacial score (nSPS) is 20.7. The highest BCUT2D eigenvalue weighted by molar-refractivity contribution is 14.0. The van der Waals surface area contributed by atoms with E-state index in [0.29, 0.717) is 25.1 Å². The Hall–Kier alpha value is -1.00. The van der Waals surface area contributed by atoms with Crippen LogP contribution in [0.1, 0.15) is 44.6 Å². The minimum absolute atomic E-state index is 0. The number of guanidine groups is 1. The van der Waals surface area contributed by atoms with Crippen molar-refractivity contribution >= 4 is 29.9 Å². The largest absolute Gasteiger partial charge is 0.376 e. The summed E-state index contributed by atoms with van der Waals surface area (Å²) in [6, 6.07) is 3.70. The van der Waals surface area contributed by atoms with Gasteiger partial charge in [-0.15, -0.1) is 24.0 Å². The molecule has 2 fully saturated rings. The third-order valence-corrected chi connectivity index (χ3v) is 5.53. The van der Waals surface area contributed by atoms with Crippen molar-refractivity contribution in [3.8, 4) is 0 Å². The van der Waals surface area contributed by atoms with Crippen molar-refractivity contribution in [3.63, 3.8) is 0 Å². The lowest BCUT2D eigenvalue weighted by Gasteiger charge is -2.35. The Balaban J connectivity index is 0.00000320. The molecule has 1 atom stereocenters. The minimum Gasteiger partial charge on any atom is -0.376 e. The number of ether oxygens (including phenoxy) is 2. The summed E-state index contributed by atoms with van der Waals surface area (Å²) in [5.41, 5.74) is 0.489. The first-order valence-corrected chi connectivity index (χ1v) is 10.9. The molecule has 1 N–H and O–H groups in total. The van der Waals surface area contributed by atoms with Crippen molar-refractivity contribution in [1.29, 1.82) is 0 Å². The fourth-order valence-corrected chi connectivity index (χ4v) is 3.85. The number of halogens is 3. The molecule has 0 bridgehead atoms. The molecular weight excluding hydrogens is 503 g/mol. The number of hydrogen-bond acceptors (Lipinski definition) is 3. The van der Waals surface area contributed by atoms with Crippen LogP contribution in [-0.2, 0) is 15.9 Å². The Kier molecular flexibility index (Phi) is 11.3. The Labute approximate surface area is 195 Å². The van der Waals surface area contributed by atoms with E-state index in [0.717, 1.165) is 64.0 Å². The lowest BCUT2D eigenvalue weighted by molar-refractivity contribution is -0.0721. The molecular formula is C22H34F2IN3O2. The van der Waals surface area contributed by atoms with E-state index in [9.17, 15) is 8.78 Å². The average Bonchev–Trinajstić information content (AvgIpc) is 2.74. The summed E-state index contributed by atoms with van der Waals surface area (Å²) in [6.07, 6.45) is 6.40. The van der Waals surface area contributed by atoms with Crippen LogP contribution < -0.4 is 5.32 Å². The zero-order valence-corrected chi connectivity index (χ0v) is 20.1. The molecule has 2 aliphatic rings. The van der Waals surface area contributed by atoms with E-state index >= 15 is 0 Å². The summed E-state index contributed by atoms with van der Waals surface area (Å²) in [5.74, 6) is -0.211. The molecule has 1 aromatic carbocycles. The lowest BCUT2D eigenvalue weighted by atomic mass is 10.1. The van der Waals surface area contributed by atoms with Crippen LogP contribution in [0.25, 0.3) is 0 Å². The van der Waals surface area contributed by atoms with Gasteiger partial charge < -0.3 is 19.7 Å². The Morgan fingerprint density at radius 1 is 1.23 bits per heavy atom. The number of nitrogens with zero attached hydrogens (tertiary/aromatic N) is 2. The second-order valence-electron chi connectivity index (χ2n) is 7.73. The quantitative estimate of drug-likeness (QED) is 0.323. The van der Waals surface area contributed by atoms with Gasteiger partial charge in [-0.2, -0.15) is 0 Å². The molecule has 0 spiro atoms. The number of aliphatic imine (C=N–C) groups is 1. The first-order chi connectivity index (χ1) is 14.2. The molecule has 0 aliphatic carbocycles. The van der Waals surface area contributed by atoms with E-state index in [2.05, 4.69) is 15.2 Å². The highest BCUT2D eigenvalue weighted by Crippen LogP contribution is 2.18. The van der Waals surface area contributed by atoms with Gasteiger partial charge in [0, 0.05) is 38.9 Å². The summed E-state index contributed by atoms with van der Waals surface area (Å²) in [4.78, 5) is 6.89. The summed E-state index contributed by atoms with van der Waals surface area (Å²) >= 11 is 0. The topological polar surface area (TPSA) is 46.1 Å². The number of nitrogens with one attached hydrogen (secondary N) is 1. The van der Waals surface area contributed by atoms with Crippen molar-refractivity contribution in [3.05, 3.63) is 35.4 Å². The predicted octanol–water partition coefficient (Wildman–Crippen LogP) is 4.14. The van der Waals surface area contributed by atoms with Crippen LogP contribution in [0.15, 0.2) is 23.2 Å². The molecule has 2 aliphatic heterocycles. The van der Waals surface area contributed by atoms with Gasteiger partial charge in [-0.25, -0.2) is 8.78 Å². The number of benzene rings is 1. The SMILES string of the molecule is CCNC(=NCCc1ccc(F)cc1F)N1CCC(OCC2CCCCO2)CC1.I. The van der Waals surface area contributed by atoms with Crippen molar-refractivity contribution in [1.82, 2.24) is 10.2 Å². The molecule has 0 saturated carbocycles. The van der Waals surface area contributed by atoms with Crippen molar-refractivity contribution in [2.45, 2.75) is 57.7 Å². The van der Waals surface area contributed by atoms with Gasteiger partial charge in [-0.3, -0.25) is 4.99 Å². The minimum atomic E-state index is -0.553. The van der Waals surface area contributed by atoms with Gasteiger partial charge in [0.25, 0.3) is 0 Å². The van der Waals surface area contributed by atoms with Gasteiger partial charge in [-0.1, -0.05) is 6.07 Å². The van der Waals surface area contributed by atoms with Gasteiger partial charge in [0.15, 0.2) is 5.96 Å². The maximum atomic E-state index is 13.8. The maximum absolute atomic E-state index is 13.8. The second-order valence-corrected chi connectivity index (χ2v) is 7.73. The van der Waals surface area contributed by atoms with Crippen LogP contribution in [0.4, 0.5) is 8.78 Å². The first kappa shape index (κ1) is 25.3. The smallest absolute Gasteiger partial charge is 0.193 e. The standard InChI is InChI=1S/C22H33F2N3O2.HI/c1-2-25-22(26-11-8-17-6-7-18(23)15-21(17)24)27-12-9-19(10-13-27)29-16-20-5-3-4-14-28-20;/h6-7,15,19-20H,2-5,8-14,16H2,1H3,(H,25,26);1H. The highest BCUT2D eigenvalue weighted by atomic mass is 127. The van der Waals surface area contributed by atoms with Gasteiger partial charge in [-0.05, 0) is 57.1 Å². The van der Waals surface area contributed by atoms with Gasteiger partial charge in [0.05, 0.1) is 18.8 Å². The fourth-order valence-electron chi connectivity index (χ4n) is 3.85. The first-order valence-electron chi connectivity index (χ1n) is 10.9. The molecule has 30 heavy (non-hydrogen) atoms. The molecule has 0 aromatic heterocycles. The molecule has 2 saturated heterocycles. The predicted molar refractivity (Wildman–Crippen MR) is 126 cm³/mol. The zero-order valence-electron chi connectivity index (χ0n) is 17.7. The molecule has 0 radical (unpaired) electrons. The molecule has 8 heteroatoms. The van der Waals surface area contributed by atoms with Crippen LogP contribution in [0.2, 0.25) is 0 Å². The summed E-state index contributed by atoms with van der Waals surface area (Å²) in [7, 11) is 0. The van der Waals surface area contributed by atoms with Gasteiger partial charge in [0.1, 0.15) is 11.6 Å². The van der Waals surface area contributed by atoms with Crippen molar-refractivity contribution in [2.24, 2.45) is 4.99 Å². The van der Waals surface area contributed by atoms with E-state index < -0.39 is 11.6 Å². The van der Waals surface area contributed by atoms with Crippen molar-refractivity contribution < 1.29 is 18.3 Å². The third-order valence-electron chi connectivity index (χ3n) is 5.53. The number of likely N-dealkylation sites (tertiary alicyclic amines) is 1. The summed E-state index contributed by atoms with van der Waals surface area (Å²) < 4.78 is 38.7. The lowest BCUT2D eigenvalue weighted by Crippen LogP contribution is -2.47. The maximum Gasteiger partial charge on any atom is 0.193 e. The average molecular weight is 537 g/mol. The second kappa shape index (κ2) is 13.4. The van der Waals surface area contributed by atoms with E-state index in [-0.39, 0.29) is 36.2 Å². The van der Waals surface area contributed by atoms with E-state index in [1.54, 1.807) is 0 Å². The zero-order chi connectivity index (χ0) is 20.5. The fraction of sp³-hybridized carbons (Fsp3) is 0.682. The molecule has 1 unspecified atom stereocenters. The molecule has 5 nitrogen and oxygen atoms in total. The van der Waals surface area contributed by atoms with Crippen molar-refractivity contribution in [2.75, 3.05) is 39.4 Å². The Morgan fingerprint density at radius 3 is 2.70 bits per heavy atom. The molecule has 170 valence electrons. The summed E-state index contributed by atoms with van der Waals surface area (Å²) in [5, 5.41) is 3.32. The Bertz CT molecular complexity index is 664. The highest BCUT2D eigenvalue weighted by Gasteiger charge is 2.23. The molecule has 0 amide bonds.